The number of carbonyl (C=O) groups excluding carboxylic acids is 1. The summed E-state index contributed by atoms with van der Waals surface area (Å²) in [6.45, 7) is 5.81. The highest BCUT2D eigenvalue weighted by molar-refractivity contribution is 5.93. The van der Waals surface area contributed by atoms with Crippen LogP contribution < -0.4 is 5.73 Å². The van der Waals surface area contributed by atoms with Gasteiger partial charge in [-0.2, -0.15) is 9.49 Å². The van der Waals surface area contributed by atoms with Gasteiger partial charge in [0.2, 0.25) is 5.95 Å². The maximum absolute atomic E-state index is 12.9. The first-order valence-electron chi connectivity index (χ1n) is 6.41. The van der Waals surface area contributed by atoms with E-state index in [9.17, 15) is 9.18 Å². The van der Waals surface area contributed by atoms with Crippen molar-refractivity contribution in [3.05, 3.63) is 52.6 Å². The van der Waals surface area contributed by atoms with Crippen LogP contribution in [-0.2, 0) is 13.5 Å². The molecule has 0 spiro atoms. The molecule has 0 radical (unpaired) electrons. The van der Waals surface area contributed by atoms with Gasteiger partial charge in [-0.05, 0) is 25.8 Å². The van der Waals surface area contributed by atoms with Crippen molar-refractivity contribution >= 4 is 5.91 Å². The number of halogens is 1. The summed E-state index contributed by atoms with van der Waals surface area (Å²) in [5, 5.41) is 3.67. The Hall–Kier alpha value is -2.17. The summed E-state index contributed by atoms with van der Waals surface area (Å²) in [7, 11) is 1.41. The zero-order chi connectivity index (χ0) is 15.3. The average molecular weight is 277 g/mol. The summed E-state index contributed by atoms with van der Waals surface area (Å²) in [5.74, 6) is -1.47. The van der Waals surface area contributed by atoms with Crippen LogP contribution in [-0.4, -0.2) is 15.7 Å². The highest BCUT2D eigenvalue weighted by Crippen LogP contribution is 2.09. The van der Waals surface area contributed by atoms with Crippen LogP contribution in [0.2, 0.25) is 0 Å². The summed E-state index contributed by atoms with van der Waals surface area (Å²) in [6, 6.07) is 8.66. The standard InChI is InChI=1S/C9H12.C6H8FN3O/c1-3-9-6-4-8(2)5-7-9;1-3-4(6(8)11)5(7)10(2)9-3/h4-7H,3H2,1-2H3;1-2H3,(H2,8,11). The van der Waals surface area contributed by atoms with Gasteiger partial charge >= 0.3 is 0 Å². The number of rotatable bonds is 2. The summed E-state index contributed by atoms with van der Waals surface area (Å²) in [4.78, 5) is 10.6. The average Bonchev–Trinajstić information content (AvgIpc) is 2.65. The van der Waals surface area contributed by atoms with E-state index in [0.717, 1.165) is 11.1 Å². The van der Waals surface area contributed by atoms with E-state index in [4.69, 9.17) is 5.73 Å². The smallest absolute Gasteiger partial charge is 0.255 e. The Morgan fingerprint density at radius 2 is 1.85 bits per heavy atom. The molecule has 0 saturated carbocycles. The lowest BCUT2D eigenvalue weighted by Crippen LogP contribution is -2.13. The van der Waals surface area contributed by atoms with Gasteiger partial charge in [-0.25, -0.2) is 4.68 Å². The molecular formula is C15H20FN3O. The molecule has 1 aromatic carbocycles. The first-order valence-corrected chi connectivity index (χ1v) is 6.41. The molecule has 20 heavy (non-hydrogen) atoms. The van der Waals surface area contributed by atoms with E-state index < -0.39 is 11.9 Å². The van der Waals surface area contributed by atoms with E-state index in [2.05, 4.69) is 43.2 Å². The Bertz CT molecular complexity index is 588. The Morgan fingerprint density at radius 3 is 2.15 bits per heavy atom. The molecule has 4 nitrogen and oxygen atoms in total. The molecule has 0 saturated heterocycles. The summed E-state index contributed by atoms with van der Waals surface area (Å²) >= 11 is 0. The van der Waals surface area contributed by atoms with Crippen LogP contribution >= 0.6 is 0 Å². The van der Waals surface area contributed by atoms with E-state index in [1.807, 2.05) is 0 Å². The predicted octanol–water partition coefficient (Wildman–Crippen LogP) is 2.52. The Balaban J connectivity index is 0.000000204. The fraction of sp³-hybridized carbons (Fsp3) is 0.333. The third-order valence-electron chi connectivity index (χ3n) is 2.93. The van der Waals surface area contributed by atoms with Crippen molar-refractivity contribution in [3.63, 3.8) is 0 Å². The summed E-state index contributed by atoms with van der Waals surface area (Å²) in [5.41, 5.74) is 7.84. The molecule has 2 aromatic rings. The van der Waals surface area contributed by atoms with Crippen LogP contribution in [0.3, 0.4) is 0 Å². The molecule has 1 heterocycles. The number of hydrogen-bond acceptors (Lipinski definition) is 2. The van der Waals surface area contributed by atoms with E-state index in [-0.39, 0.29) is 5.56 Å². The predicted molar refractivity (Wildman–Crippen MR) is 77.0 cm³/mol. The number of benzene rings is 1. The van der Waals surface area contributed by atoms with E-state index >= 15 is 0 Å². The molecule has 2 N–H and O–H groups in total. The molecule has 0 aliphatic heterocycles. The molecule has 108 valence electrons. The highest BCUT2D eigenvalue weighted by atomic mass is 19.1. The van der Waals surface area contributed by atoms with Gasteiger partial charge in [0, 0.05) is 7.05 Å². The Morgan fingerprint density at radius 1 is 1.30 bits per heavy atom. The third-order valence-corrected chi connectivity index (χ3v) is 2.93. The molecule has 5 heteroatoms. The number of nitrogens with two attached hydrogens (primary N) is 1. The second kappa shape index (κ2) is 6.84. The van der Waals surface area contributed by atoms with Gasteiger partial charge in [0.25, 0.3) is 5.91 Å². The first-order chi connectivity index (χ1) is 9.36. The normalized spacial score (nSPS) is 9.85. The summed E-state index contributed by atoms with van der Waals surface area (Å²) in [6.07, 6.45) is 1.14. The van der Waals surface area contributed by atoms with Crippen LogP contribution in [0.1, 0.15) is 34.1 Å². The first kappa shape index (κ1) is 15.9. The lowest BCUT2D eigenvalue weighted by atomic mass is 10.1. The van der Waals surface area contributed by atoms with Gasteiger partial charge < -0.3 is 5.73 Å². The molecule has 0 fully saturated rings. The lowest BCUT2D eigenvalue weighted by molar-refractivity contribution is 0.0995. The van der Waals surface area contributed by atoms with E-state index in [1.54, 1.807) is 0 Å². The molecule has 2 rings (SSSR count). The number of aryl methyl sites for hydroxylation is 4. The van der Waals surface area contributed by atoms with Crippen LogP contribution in [0, 0.1) is 19.8 Å². The zero-order valence-electron chi connectivity index (χ0n) is 12.3. The van der Waals surface area contributed by atoms with Crippen molar-refractivity contribution in [3.8, 4) is 0 Å². The molecule has 0 bridgehead atoms. The van der Waals surface area contributed by atoms with Crippen LogP contribution in [0.4, 0.5) is 4.39 Å². The maximum atomic E-state index is 12.9. The number of aromatic nitrogens is 2. The van der Waals surface area contributed by atoms with Crippen LogP contribution in [0.5, 0.6) is 0 Å². The van der Waals surface area contributed by atoms with Gasteiger partial charge in [0.1, 0.15) is 5.56 Å². The fourth-order valence-corrected chi connectivity index (χ4v) is 1.73. The second-order valence-corrected chi connectivity index (χ2v) is 4.58. The molecule has 0 unspecified atom stereocenters. The number of carbonyl (C=O) groups is 1. The monoisotopic (exact) mass is 277 g/mol. The Labute approximate surface area is 118 Å². The number of primary amides is 1. The van der Waals surface area contributed by atoms with E-state index in [1.165, 1.54) is 25.1 Å². The van der Waals surface area contributed by atoms with Gasteiger partial charge in [0.15, 0.2) is 0 Å². The fourth-order valence-electron chi connectivity index (χ4n) is 1.73. The molecule has 0 aliphatic carbocycles. The van der Waals surface area contributed by atoms with Crippen LogP contribution in [0.25, 0.3) is 0 Å². The minimum Gasteiger partial charge on any atom is -0.365 e. The van der Waals surface area contributed by atoms with Crippen molar-refractivity contribution in [2.24, 2.45) is 12.8 Å². The van der Waals surface area contributed by atoms with Crippen molar-refractivity contribution < 1.29 is 9.18 Å². The van der Waals surface area contributed by atoms with Crippen LogP contribution in [0.15, 0.2) is 24.3 Å². The summed E-state index contributed by atoms with van der Waals surface area (Å²) < 4.78 is 13.9. The minimum absolute atomic E-state index is 0.132. The minimum atomic E-state index is -0.784. The number of hydrogen-bond donors (Lipinski definition) is 1. The molecule has 0 aliphatic rings. The zero-order valence-corrected chi connectivity index (χ0v) is 12.3. The van der Waals surface area contributed by atoms with Gasteiger partial charge in [-0.3, -0.25) is 4.79 Å². The third kappa shape index (κ3) is 3.91. The van der Waals surface area contributed by atoms with Crippen molar-refractivity contribution in [1.82, 2.24) is 9.78 Å². The van der Waals surface area contributed by atoms with Crippen molar-refractivity contribution in [1.29, 1.82) is 0 Å². The molecule has 1 amide bonds. The highest BCUT2D eigenvalue weighted by Gasteiger charge is 2.16. The quantitative estimate of drug-likeness (QED) is 0.917. The number of amides is 1. The van der Waals surface area contributed by atoms with Gasteiger partial charge in [-0.1, -0.05) is 36.8 Å². The SMILES string of the molecule is CCc1ccc(C)cc1.Cc1nn(C)c(F)c1C(N)=O. The second-order valence-electron chi connectivity index (χ2n) is 4.58. The molecule has 0 atom stereocenters. The topological polar surface area (TPSA) is 60.9 Å². The Kier molecular flexibility index (Phi) is 5.43. The van der Waals surface area contributed by atoms with Crippen molar-refractivity contribution in [2.45, 2.75) is 27.2 Å². The molecule has 1 aromatic heterocycles. The van der Waals surface area contributed by atoms with Crippen molar-refractivity contribution in [2.75, 3.05) is 0 Å². The van der Waals surface area contributed by atoms with E-state index in [0.29, 0.717) is 5.69 Å². The lowest BCUT2D eigenvalue weighted by Gasteiger charge is -1.94. The largest absolute Gasteiger partial charge is 0.365 e. The maximum Gasteiger partial charge on any atom is 0.255 e. The molecular weight excluding hydrogens is 257 g/mol. The van der Waals surface area contributed by atoms with Gasteiger partial charge in [-0.15, -0.1) is 0 Å². The number of nitrogens with zero attached hydrogens (tertiary/aromatic N) is 2. The van der Waals surface area contributed by atoms with Gasteiger partial charge in [0.05, 0.1) is 5.69 Å².